The lowest BCUT2D eigenvalue weighted by Gasteiger charge is -2.12. The molecule has 2 aromatic heterocycles. The number of nitrogens with one attached hydrogen (secondary N) is 2. The molecule has 0 unspecified atom stereocenters. The van der Waals surface area contributed by atoms with E-state index in [0.29, 0.717) is 13.1 Å². The minimum atomic E-state index is 0.274. The summed E-state index contributed by atoms with van der Waals surface area (Å²) in [6, 6.07) is 10.1. The van der Waals surface area contributed by atoms with Crippen molar-refractivity contribution in [1.29, 1.82) is 0 Å². The molecule has 1 aromatic carbocycles. The molecule has 29 heavy (non-hydrogen) atoms. The van der Waals surface area contributed by atoms with Gasteiger partial charge in [-0.05, 0) is 42.5 Å². The molecule has 2 N–H and O–H groups in total. The zero-order chi connectivity index (χ0) is 20.1. The van der Waals surface area contributed by atoms with Crippen molar-refractivity contribution < 1.29 is 9.47 Å². The van der Waals surface area contributed by atoms with Gasteiger partial charge in [0, 0.05) is 18.5 Å². The molecule has 0 amide bonds. The van der Waals surface area contributed by atoms with Gasteiger partial charge in [0.1, 0.15) is 5.82 Å². The van der Waals surface area contributed by atoms with Crippen LogP contribution in [0.5, 0.6) is 11.5 Å². The number of aliphatic imine (C=N–C) groups is 1. The Bertz CT molecular complexity index is 983. The van der Waals surface area contributed by atoms with Crippen LogP contribution >= 0.6 is 11.3 Å². The summed E-state index contributed by atoms with van der Waals surface area (Å²) in [6.07, 6.45) is 0.950. The van der Waals surface area contributed by atoms with Crippen molar-refractivity contribution in [3.63, 3.8) is 0 Å². The Balaban J connectivity index is 1.41. The molecule has 0 spiro atoms. The fourth-order valence-corrected chi connectivity index (χ4v) is 3.62. The lowest BCUT2D eigenvalue weighted by molar-refractivity contribution is 0.174. The molecule has 0 saturated heterocycles. The number of guanidine groups is 1. The third-order valence-electron chi connectivity index (χ3n) is 4.70. The summed E-state index contributed by atoms with van der Waals surface area (Å²) in [5.74, 6) is 4.03. The first-order chi connectivity index (χ1) is 14.2. The third-order valence-corrected chi connectivity index (χ3v) is 5.63. The van der Waals surface area contributed by atoms with Crippen molar-refractivity contribution >= 4 is 17.3 Å². The van der Waals surface area contributed by atoms with Crippen LogP contribution in [0.1, 0.15) is 22.1 Å². The molecule has 0 atom stereocenters. The molecule has 3 aromatic rings. The van der Waals surface area contributed by atoms with Crippen molar-refractivity contribution in [2.24, 2.45) is 12.0 Å². The first-order valence-corrected chi connectivity index (χ1v) is 10.3. The van der Waals surface area contributed by atoms with Crippen LogP contribution in [0.3, 0.4) is 0 Å². The highest BCUT2D eigenvalue weighted by molar-refractivity contribution is 7.09. The smallest absolute Gasteiger partial charge is 0.231 e. The fourth-order valence-electron chi connectivity index (χ4n) is 2.91. The van der Waals surface area contributed by atoms with Gasteiger partial charge < -0.3 is 24.7 Å². The number of fused-ring (bicyclic) bond motifs is 1. The Hall–Kier alpha value is -3.07. The van der Waals surface area contributed by atoms with Crippen LogP contribution < -0.4 is 20.1 Å². The minimum absolute atomic E-state index is 0.274. The largest absolute Gasteiger partial charge is 0.454 e. The average molecular weight is 413 g/mol. The van der Waals surface area contributed by atoms with E-state index in [1.54, 1.807) is 11.3 Å². The maximum absolute atomic E-state index is 5.45. The van der Waals surface area contributed by atoms with Crippen molar-refractivity contribution in [2.75, 3.05) is 13.3 Å². The van der Waals surface area contributed by atoms with E-state index in [1.165, 1.54) is 4.88 Å². The second kappa shape index (κ2) is 8.95. The summed E-state index contributed by atoms with van der Waals surface area (Å²) in [7, 11) is 1.96. The summed E-state index contributed by atoms with van der Waals surface area (Å²) < 4.78 is 12.8. The first kappa shape index (κ1) is 19.3. The quantitative estimate of drug-likeness (QED) is 0.458. The van der Waals surface area contributed by atoms with E-state index < -0.39 is 0 Å². The highest BCUT2D eigenvalue weighted by atomic mass is 32.1. The van der Waals surface area contributed by atoms with Gasteiger partial charge in [-0.25, -0.2) is 4.99 Å². The van der Waals surface area contributed by atoms with E-state index in [2.05, 4.69) is 38.3 Å². The normalized spacial score (nSPS) is 13.0. The van der Waals surface area contributed by atoms with Gasteiger partial charge in [-0.1, -0.05) is 12.1 Å². The Kier molecular flexibility index (Phi) is 5.95. The number of aryl methyl sites for hydroxylation is 1. The highest BCUT2D eigenvalue weighted by Crippen LogP contribution is 2.32. The number of rotatable bonds is 7. The van der Waals surface area contributed by atoms with Gasteiger partial charge in [0.2, 0.25) is 6.79 Å². The number of nitrogens with zero attached hydrogens (tertiary/aromatic N) is 4. The van der Waals surface area contributed by atoms with Gasteiger partial charge in [-0.15, -0.1) is 21.5 Å². The first-order valence-electron chi connectivity index (χ1n) is 9.47. The van der Waals surface area contributed by atoms with E-state index in [1.807, 2.05) is 36.7 Å². The molecule has 9 heteroatoms. The molecule has 0 saturated carbocycles. The van der Waals surface area contributed by atoms with Gasteiger partial charge in [-0.2, -0.15) is 0 Å². The fraction of sp³-hybridized carbons (Fsp3) is 0.350. The summed E-state index contributed by atoms with van der Waals surface area (Å²) in [5.41, 5.74) is 1.06. The Morgan fingerprint density at radius 2 is 2.10 bits per heavy atom. The van der Waals surface area contributed by atoms with Crippen LogP contribution in [0, 0.1) is 6.92 Å². The van der Waals surface area contributed by atoms with Gasteiger partial charge >= 0.3 is 0 Å². The monoisotopic (exact) mass is 412 g/mol. The van der Waals surface area contributed by atoms with Crippen molar-refractivity contribution in [3.05, 3.63) is 57.8 Å². The molecule has 1 aliphatic heterocycles. The molecule has 0 bridgehead atoms. The van der Waals surface area contributed by atoms with Gasteiger partial charge in [0.25, 0.3) is 0 Å². The van der Waals surface area contributed by atoms with Gasteiger partial charge in [0.05, 0.1) is 13.1 Å². The molecule has 0 radical (unpaired) electrons. The maximum Gasteiger partial charge on any atom is 0.231 e. The average Bonchev–Trinajstić information content (AvgIpc) is 3.47. The van der Waals surface area contributed by atoms with Crippen LogP contribution in [0.2, 0.25) is 0 Å². The summed E-state index contributed by atoms with van der Waals surface area (Å²) in [5, 5.41) is 17.2. The number of thiophene rings is 1. The standard InChI is InChI=1S/C20H24N6O2S/c1-14-24-25-19(26(14)2)12-23-20(21-8-7-16-4-3-9-29-16)22-11-15-5-6-17-18(10-15)28-13-27-17/h3-6,9-10H,7-8,11-13H2,1-2H3,(H2,21,22,23). The molecule has 8 nitrogen and oxygen atoms in total. The van der Waals surface area contributed by atoms with E-state index in [-0.39, 0.29) is 6.79 Å². The second-order valence-corrected chi connectivity index (χ2v) is 7.72. The number of ether oxygens (including phenoxy) is 2. The topological polar surface area (TPSA) is 85.6 Å². The number of benzene rings is 1. The predicted molar refractivity (Wildman–Crippen MR) is 112 cm³/mol. The summed E-state index contributed by atoms with van der Waals surface area (Å²) >= 11 is 1.76. The van der Waals surface area contributed by atoms with Crippen molar-refractivity contribution in [2.45, 2.75) is 26.4 Å². The SMILES string of the molecule is Cc1nnc(CNC(=NCc2ccc3c(c2)OCO3)NCCc2cccs2)n1C. The van der Waals surface area contributed by atoms with E-state index >= 15 is 0 Å². The molecule has 0 aliphatic carbocycles. The number of hydrogen-bond acceptors (Lipinski definition) is 6. The van der Waals surface area contributed by atoms with Gasteiger partial charge in [-0.3, -0.25) is 0 Å². The van der Waals surface area contributed by atoms with Crippen LogP contribution in [0.15, 0.2) is 40.7 Å². The molecular weight excluding hydrogens is 388 g/mol. The Morgan fingerprint density at radius 3 is 2.90 bits per heavy atom. The second-order valence-electron chi connectivity index (χ2n) is 6.68. The lowest BCUT2D eigenvalue weighted by atomic mass is 10.2. The minimum Gasteiger partial charge on any atom is -0.454 e. The molecule has 3 heterocycles. The number of hydrogen-bond donors (Lipinski definition) is 2. The zero-order valence-corrected chi connectivity index (χ0v) is 17.3. The molecular formula is C20H24N6O2S. The van der Waals surface area contributed by atoms with Crippen LogP contribution in [0.25, 0.3) is 0 Å². The van der Waals surface area contributed by atoms with E-state index in [9.17, 15) is 0 Å². The molecule has 0 fully saturated rings. The number of aromatic nitrogens is 3. The van der Waals surface area contributed by atoms with Gasteiger partial charge in [0.15, 0.2) is 23.3 Å². The van der Waals surface area contributed by atoms with Crippen LogP contribution in [-0.2, 0) is 26.6 Å². The molecule has 1 aliphatic rings. The van der Waals surface area contributed by atoms with Crippen LogP contribution in [0.4, 0.5) is 0 Å². The van der Waals surface area contributed by atoms with Crippen molar-refractivity contribution in [3.8, 4) is 11.5 Å². The maximum atomic E-state index is 5.45. The van der Waals surface area contributed by atoms with Crippen LogP contribution in [-0.4, -0.2) is 34.1 Å². The summed E-state index contributed by atoms with van der Waals surface area (Å²) in [4.78, 5) is 6.08. The predicted octanol–water partition coefficient (Wildman–Crippen LogP) is 2.39. The van der Waals surface area contributed by atoms with E-state index in [0.717, 1.165) is 47.6 Å². The Labute approximate surface area is 173 Å². The van der Waals surface area contributed by atoms with E-state index in [4.69, 9.17) is 14.5 Å². The lowest BCUT2D eigenvalue weighted by Crippen LogP contribution is -2.38. The molecule has 152 valence electrons. The zero-order valence-electron chi connectivity index (χ0n) is 16.5. The highest BCUT2D eigenvalue weighted by Gasteiger charge is 2.13. The Morgan fingerprint density at radius 1 is 1.21 bits per heavy atom. The van der Waals surface area contributed by atoms with Crippen molar-refractivity contribution in [1.82, 2.24) is 25.4 Å². The third kappa shape index (κ3) is 4.86. The molecule has 4 rings (SSSR count). The summed E-state index contributed by atoms with van der Waals surface area (Å²) in [6.45, 7) is 4.08.